The summed E-state index contributed by atoms with van der Waals surface area (Å²) < 4.78 is 12.5. The molecule has 53 heavy (non-hydrogen) atoms. The molecule has 248 valence electrons. The van der Waals surface area contributed by atoms with Gasteiger partial charge in [0.25, 0.3) is 0 Å². The topological polar surface area (TPSA) is 65.0 Å². The molecule has 3 heterocycles. The molecule has 11 aromatic rings. The Labute approximate surface area is 307 Å². The Bertz CT molecular complexity index is 3270. The Morgan fingerprint density at radius 2 is 0.962 bits per heavy atom. The van der Waals surface area contributed by atoms with Gasteiger partial charge in [0.05, 0.1) is 0 Å². The van der Waals surface area contributed by atoms with E-state index < -0.39 is 0 Å². The second-order valence-corrected chi connectivity index (χ2v) is 13.7. The number of fused-ring (bicyclic) bond motifs is 8. The van der Waals surface area contributed by atoms with Crippen molar-refractivity contribution in [2.75, 3.05) is 0 Å². The van der Waals surface area contributed by atoms with E-state index >= 15 is 0 Å². The van der Waals surface area contributed by atoms with Crippen LogP contribution >= 0.6 is 11.6 Å². The third kappa shape index (κ3) is 4.82. The highest BCUT2D eigenvalue weighted by Crippen LogP contribution is 2.42. The zero-order chi connectivity index (χ0) is 35.0. The van der Waals surface area contributed by atoms with Crippen LogP contribution in [0, 0.1) is 0 Å². The molecular formula is C47H26ClN3O2. The van der Waals surface area contributed by atoms with Gasteiger partial charge in [-0.2, -0.15) is 0 Å². The fourth-order valence-corrected chi connectivity index (χ4v) is 7.88. The SMILES string of the molecule is Clc1ccc2oc3cccc(-c4cccc5c(-c6nc(-c7ccc8ccccc8c7)nc(-c7ccc8c(c7)oc7ccccc78)n6)cccc45)c3c2c1. The molecule has 0 radical (unpaired) electrons. The first-order chi connectivity index (χ1) is 26.1. The predicted octanol–water partition coefficient (Wildman–Crippen LogP) is 13.3. The van der Waals surface area contributed by atoms with Crippen molar-refractivity contribution < 1.29 is 8.83 Å². The summed E-state index contributed by atoms with van der Waals surface area (Å²) in [6.07, 6.45) is 0. The normalized spacial score (nSPS) is 11.9. The smallest absolute Gasteiger partial charge is 0.164 e. The van der Waals surface area contributed by atoms with Crippen LogP contribution < -0.4 is 0 Å². The van der Waals surface area contributed by atoms with Gasteiger partial charge in [-0.05, 0) is 81.2 Å². The zero-order valence-corrected chi connectivity index (χ0v) is 28.8. The van der Waals surface area contributed by atoms with E-state index in [-0.39, 0.29) is 0 Å². The average Bonchev–Trinajstić information content (AvgIpc) is 3.77. The Balaban J connectivity index is 1.14. The monoisotopic (exact) mass is 699 g/mol. The van der Waals surface area contributed by atoms with Gasteiger partial charge < -0.3 is 8.83 Å². The molecule has 11 rings (SSSR count). The Morgan fingerprint density at radius 1 is 0.358 bits per heavy atom. The first-order valence-corrected chi connectivity index (χ1v) is 17.8. The molecule has 8 aromatic carbocycles. The summed E-state index contributed by atoms with van der Waals surface area (Å²) in [7, 11) is 0. The second kappa shape index (κ2) is 11.6. The van der Waals surface area contributed by atoms with Gasteiger partial charge in [-0.1, -0.05) is 121 Å². The van der Waals surface area contributed by atoms with Crippen molar-refractivity contribution in [1.82, 2.24) is 15.0 Å². The van der Waals surface area contributed by atoms with Gasteiger partial charge in [0.15, 0.2) is 17.5 Å². The number of para-hydroxylation sites is 1. The lowest BCUT2D eigenvalue weighted by molar-refractivity contribution is 0.668. The molecule has 0 fully saturated rings. The van der Waals surface area contributed by atoms with Gasteiger partial charge in [0.1, 0.15) is 22.3 Å². The zero-order valence-electron chi connectivity index (χ0n) is 28.0. The standard InChI is InChI=1S/C47H26ClN3O2/c48-31-21-23-41-39(26-31)44-37(14-7-17-42(44)52-41)33-12-5-13-34-32(33)11-6-15-38(34)47-50-45(29-19-18-27-8-1-2-9-28(27)24-29)49-46(51-47)30-20-22-36-35-10-3-4-16-40(35)53-43(36)25-30/h1-26H. The van der Waals surface area contributed by atoms with E-state index in [1.165, 1.54) is 0 Å². The first kappa shape index (κ1) is 29.9. The van der Waals surface area contributed by atoms with E-state index in [1.54, 1.807) is 0 Å². The Hall–Kier alpha value is -6.82. The molecule has 0 saturated heterocycles. The van der Waals surface area contributed by atoms with Gasteiger partial charge in [-0.3, -0.25) is 0 Å². The number of halogens is 1. The van der Waals surface area contributed by atoms with Crippen LogP contribution in [0.3, 0.4) is 0 Å². The minimum atomic E-state index is 0.570. The summed E-state index contributed by atoms with van der Waals surface area (Å²) in [6.45, 7) is 0. The second-order valence-electron chi connectivity index (χ2n) is 13.3. The number of aromatic nitrogens is 3. The highest BCUT2D eigenvalue weighted by molar-refractivity contribution is 6.32. The summed E-state index contributed by atoms with van der Waals surface area (Å²) in [6, 6.07) is 53.6. The molecule has 0 atom stereocenters. The predicted molar refractivity (Wildman–Crippen MR) is 216 cm³/mol. The van der Waals surface area contributed by atoms with Crippen molar-refractivity contribution >= 4 is 77.0 Å². The molecule has 3 aromatic heterocycles. The van der Waals surface area contributed by atoms with E-state index in [9.17, 15) is 0 Å². The van der Waals surface area contributed by atoms with Crippen LogP contribution in [-0.2, 0) is 0 Å². The van der Waals surface area contributed by atoms with Gasteiger partial charge in [0, 0.05) is 43.3 Å². The molecule has 0 amide bonds. The maximum absolute atomic E-state index is 6.48. The third-order valence-electron chi connectivity index (χ3n) is 10.2. The highest BCUT2D eigenvalue weighted by atomic mass is 35.5. The molecule has 0 spiro atoms. The number of nitrogens with zero attached hydrogens (tertiary/aromatic N) is 3. The van der Waals surface area contributed by atoms with Crippen molar-refractivity contribution in [3.05, 3.63) is 163 Å². The van der Waals surface area contributed by atoms with Gasteiger partial charge in [-0.25, -0.2) is 15.0 Å². The molecule has 6 heteroatoms. The molecule has 5 nitrogen and oxygen atoms in total. The minimum Gasteiger partial charge on any atom is -0.456 e. The van der Waals surface area contributed by atoms with Crippen LogP contribution in [0.1, 0.15) is 0 Å². The molecule has 0 aliphatic rings. The quantitative estimate of drug-likeness (QED) is 0.183. The van der Waals surface area contributed by atoms with Crippen molar-refractivity contribution in [2.45, 2.75) is 0 Å². The summed E-state index contributed by atoms with van der Waals surface area (Å²) >= 11 is 6.48. The van der Waals surface area contributed by atoms with Crippen molar-refractivity contribution in [2.24, 2.45) is 0 Å². The first-order valence-electron chi connectivity index (χ1n) is 17.4. The largest absolute Gasteiger partial charge is 0.456 e. The molecule has 0 aliphatic heterocycles. The average molecular weight is 700 g/mol. The lowest BCUT2D eigenvalue weighted by Crippen LogP contribution is -2.00. The van der Waals surface area contributed by atoms with Crippen molar-refractivity contribution in [3.63, 3.8) is 0 Å². The van der Waals surface area contributed by atoms with Crippen LogP contribution in [-0.4, -0.2) is 15.0 Å². The van der Waals surface area contributed by atoms with Crippen LogP contribution in [0.15, 0.2) is 167 Å². The molecule has 0 aliphatic carbocycles. The van der Waals surface area contributed by atoms with E-state index in [2.05, 4.69) is 97.1 Å². The van der Waals surface area contributed by atoms with Gasteiger partial charge in [0.2, 0.25) is 0 Å². The lowest BCUT2D eigenvalue weighted by Gasteiger charge is -2.13. The maximum atomic E-state index is 6.48. The minimum absolute atomic E-state index is 0.570. The number of hydrogen-bond donors (Lipinski definition) is 0. The van der Waals surface area contributed by atoms with E-state index in [1.807, 2.05) is 60.7 Å². The number of rotatable bonds is 4. The summed E-state index contributed by atoms with van der Waals surface area (Å²) in [5.41, 5.74) is 8.07. The van der Waals surface area contributed by atoms with E-state index in [0.29, 0.717) is 22.5 Å². The van der Waals surface area contributed by atoms with Crippen LogP contribution in [0.5, 0.6) is 0 Å². The molecule has 0 bridgehead atoms. The van der Waals surface area contributed by atoms with Gasteiger partial charge in [-0.15, -0.1) is 0 Å². The molecule has 0 N–H and O–H groups in total. The molecular weight excluding hydrogens is 674 g/mol. The van der Waals surface area contributed by atoms with Crippen molar-refractivity contribution in [3.8, 4) is 45.3 Å². The number of benzene rings is 8. The van der Waals surface area contributed by atoms with Crippen LogP contribution in [0.25, 0.3) is 111 Å². The van der Waals surface area contributed by atoms with E-state index in [4.69, 9.17) is 35.4 Å². The van der Waals surface area contributed by atoms with Gasteiger partial charge >= 0.3 is 0 Å². The van der Waals surface area contributed by atoms with E-state index in [0.717, 1.165) is 93.2 Å². The third-order valence-corrected chi connectivity index (χ3v) is 10.4. The summed E-state index contributed by atoms with van der Waals surface area (Å²) in [5, 5.41) is 9.20. The van der Waals surface area contributed by atoms with Crippen molar-refractivity contribution in [1.29, 1.82) is 0 Å². The molecule has 0 unspecified atom stereocenters. The maximum Gasteiger partial charge on any atom is 0.164 e. The Morgan fingerprint density at radius 3 is 1.85 bits per heavy atom. The van der Waals surface area contributed by atoms with Crippen LogP contribution in [0.2, 0.25) is 5.02 Å². The number of hydrogen-bond acceptors (Lipinski definition) is 5. The fraction of sp³-hybridized carbons (Fsp3) is 0. The Kier molecular flexibility index (Phi) is 6.54. The highest BCUT2D eigenvalue weighted by Gasteiger charge is 2.19. The molecule has 0 saturated carbocycles. The lowest BCUT2D eigenvalue weighted by atomic mass is 9.93. The summed E-state index contributed by atoms with van der Waals surface area (Å²) in [5.74, 6) is 1.75. The fourth-order valence-electron chi connectivity index (χ4n) is 7.71. The number of furan rings is 2. The van der Waals surface area contributed by atoms with Crippen LogP contribution in [0.4, 0.5) is 0 Å². The summed E-state index contributed by atoms with van der Waals surface area (Å²) in [4.78, 5) is 15.4.